The summed E-state index contributed by atoms with van der Waals surface area (Å²) in [6.07, 6.45) is 2.50. The van der Waals surface area contributed by atoms with E-state index in [0.717, 1.165) is 0 Å². The van der Waals surface area contributed by atoms with Crippen molar-refractivity contribution in [1.29, 1.82) is 0 Å². The minimum atomic E-state index is 0. The Balaban J connectivity index is -0.000000353. The van der Waals surface area contributed by atoms with Gasteiger partial charge < -0.3 is 0 Å². The van der Waals surface area contributed by atoms with E-state index < -0.39 is 0 Å². The first-order valence-corrected chi connectivity index (χ1v) is 11.6. The second-order valence-electron chi connectivity index (χ2n) is 6.11. The molecule has 0 nitrogen and oxygen atoms in total. The Morgan fingerprint density at radius 1 is 0.355 bits per heavy atom. The van der Waals surface area contributed by atoms with E-state index in [1.165, 1.54) is 34.4 Å². The molecule has 4 aromatic carbocycles. The summed E-state index contributed by atoms with van der Waals surface area (Å²) in [7, 11) is 0. The molecule has 0 heterocycles. The van der Waals surface area contributed by atoms with Gasteiger partial charge in [0.15, 0.2) is 0 Å². The zero-order valence-corrected chi connectivity index (χ0v) is 20.7. The predicted molar refractivity (Wildman–Crippen MR) is 149 cm³/mol. The van der Waals surface area contributed by atoms with Crippen molar-refractivity contribution < 1.29 is 0 Å². The van der Waals surface area contributed by atoms with Gasteiger partial charge in [-0.25, -0.2) is 0 Å². The first-order chi connectivity index (χ1) is 14.8. The zero-order chi connectivity index (χ0) is 23.0. The third kappa shape index (κ3) is 15.8. The number of hydrogen-bond acceptors (Lipinski definition) is 0. The van der Waals surface area contributed by atoms with Crippen LogP contribution in [0.25, 0.3) is 21.5 Å². The molecule has 0 aromatic heterocycles. The summed E-state index contributed by atoms with van der Waals surface area (Å²) in [4.78, 5) is 0. The van der Waals surface area contributed by atoms with Crippen molar-refractivity contribution >= 4 is 21.5 Å². The molecule has 0 aliphatic rings. The SMILES string of the molecule is C.CC.CC.CCC.CCC.c1ccc2ccccc2c1.c1ccc2ccccc2c1. The average Bonchev–Trinajstić information content (AvgIpc) is 2.83. The topological polar surface area (TPSA) is 0 Å². The lowest BCUT2D eigenvalue weighted by Gasteiger charge is -1.92. The molecular weight excluding hydrogens is 372 g/mol. The summed E-state index contributed by atoms with van der Waals surface area (Å²) in [6.45, 7) is 16.5. The van der Waals surface area contributed by atoms with Crippen LogP contribution in [0.15, 0.2) is 97.1 Å². The van der Waals surface area contributed by atoms with E-state index in [-0.39, 0.29) is 7.43 Å². The van der Waals surface area contributed by atoms with Crippen LogP contribution < -0.4 is 0 Å². The largest absolute Gasteiger partial charge is 0.0776 e. The molecule has 0 N–H and O–H groups in total. The summed E-state index contributed by atoms with van der Waals surface area (Å²) in [6, 6.07) is 33.4. The Kier molecular flexibility index (Phi) is 27.1. The van der Waals surface area contributed by atoms with E-state index in [1.807, 2.05) is 27.7 Å². The van der Waals surface area contributed by atoms with Crippen molar-refractivity contribution in [2.24, 2.45) is 0 Å². The van der Waals surface area contributed by atoms with E-state index in [9.17, 15) is 0 Å². The lowest BCUT2D eigenvalue weighted by molar-refractivity contribution is 1.09. The van der Waals surface area contributed by atoms with E-state index in [1.54, 1.807) is 0 Å². The summed E-state index contributed by atoms with van der Waals surface area (Å²) in [5, 5.41) is 5.24. The smallest absolute Gasteiger partial charge is 0.0184 e. The standard InChI is InChI=1S/2C10H8.2C3H8.2C2H6.CH4/c2*1-2-6-10-8-4-3-7-9(10)5-1;2*1-3-2;2*1-2;/h2*1-8H;2*3H2,1-2H3;2*1-2H3;1H4. The Morgan fingerprint density at radius 2 is 0.452 bits per heavy atom. The number of benzene rings is 4. The number of rotatable bonds is 0. The Hall–Kier alpha value is -2.60. The van der Waals surface area contributed by atoms with E-state index in [4.69, 9.17) is 0 Å². The molecule has 4 aromatic rings. The van der Waals surface area contributed by atoms with Crippen LogP contribution in [0.3, 0.4) is 0 Å². The highest BCUT2D eigenvalue weighted by Crippen LogP contribution is 2.12. The van der Waals surface area contributed by atoms with Gasteiger partial charge in [0.1, 0.15) is 0 Å². The molecule has 0 saturated carbocycles. The lowest BCUT2D eigenvalue weighted by atomic mass is 10.1. The van der Waals surface area contributed by atoms with Crippen molar-refractivity contribution in [3.8, 4) is 0 Å². The fraction of sp³-hybridized carbons (Fsp3) is 0.355. The third-order valence-corrected chi connectivity index (χ3v) is 3.32. The Bertz CT molecular complexity index is 642. The van der Waals surface area contributed by atoms with Crippen LogP contribution >= 0.6 is 0 Å². The van der Waals surface area contributed by atoms with Gasteiger partial charge in [0.2, 0.25) is 0 Å². The Labute approximate surface area is 194 Å². The maximum absolute atomic E-state index is 2.12. The van der Waals surface area contributed by atoms with E-state index in [2.05, 4.69) is 125 Å². The van der Waals surface area contributed by atoms with Gasteiger partial charge in [0.05, 0.1) is 0 Å². The minimum absolute atomic E-state index is 0. The third-order valence-electron chi connectivity index (χ3n) is 3.32. The first-order valence-electron chi connectivity index (χ1n) is 11.6. The molecule has 0 fully saturated rings. The molecule has 0 radical (unpaired) electrons. The predicted octanol–water partition coefficient (Wildman–Crippen LogP) is 11.2. The van der Waals surface area contributed by atoms with Crippen LogP contribution in [-0.2, 0) is 0 Å². The number of fused-ring (bicyclic) bond motifs is 2. The van der Waals surface area contributed by atoms with Crippen molar-refractivity contribution in [2.45, 2.75) is 75.7 Å². The molecule has 0 unspecified atom stereocenters. The molecule has 0 heteroatoms. The highest BCUT2D eigenvalue weighted by atomic mass is 13.9. The van der Waals surface area contributed by atoms with Crippen LogP contribution in [-0.4, -0.2) is 0 Å². The molecule has 0 bridgehead atoms. The molecule has 0 spiro atoms. The normalized spacial score (nSPS) is 8.00. The Morgan fingerprint density at radius 3 is 0.548 bits per heavy atom. The van der Waals surface area contributed by atoms with Crippen LogP contribution in [0.2, 0.25) is 0 Å². The van der Waals surface area contributed by atoms with Crippen molar-refractivity contribution in [2.75, 3.05) is 0 Å². The van der Waals surface area contributed by atoms with Gasteiger partial charge in [0, 0.05) is 0 Å². The maximum Gasteiger partial charge on any atom is -0.0184 e. The van der Waals surface area contributed by atoms with Gasteiger partial charge in [-0.15, -0.1) is 0 Å². The molecule has 172 valence electrons. The molecule has 0 saturated heterocycles. The van der Waals surface area contributed by atoms with Crippen LogP contribution in [0, 0.1) is 0 Å². The van der Waals surface area contributed by atoms with Crippen molar-refractivity contribution in [3.05, 3.63) is 97.1 Å². The second-order valence-corrected chi connectivity index (χ2v) is 6.11. The fourth-order valence-corrected chi connectivity index (χ4v) is 2.27. The van der Waals surface area contributed by atoms with E-state index in [0.29, 0.717) is 0 Å². The van der Waals surface area contributed by atoms with E-state index >= 15 is 0 Å². The highest BCUT2D eigenvalue weighted by molar-refractivity contribution is 5.82. The average molecular weight is 421 g/mol. The summed E-state index contributed by atoms with van der Waals surface area (Å²) >= 11 is 0. The van der Waals surface area contributed by atoms with Crippen LogP contribution in [0.1, 0.15) is 75.7 Å². The van der Waals surface area contributed by atoms with Gasteiger partial charge in [-0.3, -0.25) is 0 Å². The van der Waals surface area contributed by atoms with Crippen molar-refractivity contribution in [3.63, 3.8) is 0 Å². The summed E-state index contributed by atoms with van der Waals surface area (Å²) < 4.78 is 0. The van der Waals surface area contributed by atoms with Crippen LogP contribution in [0.5, 0.6) is 0 Å². The molecular formula is C31H48. The van der Waals surface area contributed by atoms with Gasteiger partial charge in [-0.1, -0.05) is 173 Å². The highest BCUT2D eigenvalue weighted by Gasteiger charge is 1.86. The first kappa shape index (κ1) is 33.0. The maximum atomic E-state index is 2.12. The summed E-state index contributed by atoms with van der Waals surface area (Å²) in [5.41, 5.74) is 0. The molecule has 31 heavy (non-hydrogen) atoms. The van der Waals surface area contributed by atoms with Crippen molar-refractivity contribution in [1.82, 2.24) is 0 Å². The number of hydrogen-bond donors (Lipinski definition) is 0. The van der Waals surface area contributed by atoms with Crippen LogP contribution in [0.4, 0.5) is 0 Å². The monoisotopic (exact) mass is 420 g/mol. The molecule has 4 rings (SSSR count). The lowest BCUT2D eigenvalue weighted by Crippen LogP contribution is -1.67. The molecule has 0 aliphatic heterocycles. The molecule has 0 amide bonds. The second kappa shape index (κ2) is 25.4. The fourth-order valence-electron chi connectivity index (χ4n) is 2.27. The quantitative estimate of drug-likeness (QED) is 0.265. The van der Waals surface area contributed by atoms with Gasteiger partial charge in [-0.2, -0.15) is 0 Å². The summed E-state index contributed by atoms with van der Waals surface area (Å²) in [5.74, 6) is 0. The van der Waals surface area contributed by atoms with Gasteiger partial charge in [0.25, 0.3) is 0 Å². The van der Waals surface area contributed by atoms with Gasteiger partial charge >= 0.3 is 0 Å². The molecule has 0 atom stereocenters. The molecule has 0 aliphatic carbocycles. The minimum Gasteiger partial charge on any atom is -0.0776 e. The zero-order valence-electron chi connectivity index (χ0n) is 20.7. The van der Waals surface area contributed by atoms with Gasteiger partial charge in [-0.05, 0) is 21.5 Å².